The van der Waals surface area contributed by atoms with Gasteiger partial charge in [-0.1, -0.05) is 23.5 Å². The number of nitrogens with zero attached hydrogens (tertiary/aromatic N) is 4. The van der Waals surface area contributed by atoms with Crippen molar-refractivity contribution in [3.63, 3.8) is 0 Å². The number of benzene rings is 1. The molecule has 9 nitrogen and oxygen atoms in total. The van der Waals surface area contributed by atoms with Crippen molar-refractivity contribution in [3.05, 3.63) is 52.3 Å². The number of carbonyl (C=O) groups is 2. The van der Waals surface area contributed by atoms with Crippen LogP contribution < -0.4 is 21.1 Å². The third-order valence-electron chi connectivity index (χ3n) is 5.58. The van der Waals surface area contributed by atoms with Crippen molar-refractivity contribution >= 4 is 38.6 Å². The van der Waals surface area contributed by atoms with E-state index in [1.165, 1.54) is 34.4 Å². The first-order valence-electron chi connectivity index (χ1n) is 11.2. The Balaban J connectivity index is 1.43. The second-order valence-corrected chi connectivity index (χ2v) is 9.66. The lowest BCUT2D eigenvalue weighted by molar-refractivity contribution is -0.125. The first kappa shape index (κ1) is 23.8. The summed E-state index contributed by atoms with van der Waals surface area (Å²) in [5, 5.41) is 6.34. The smallest absolute Gasteiger partial charge is 0.273 e. The van der Waals surface area contributed by atoms with Crippen molar-refractivity contribution in [3.8, 4) is 0 Å². The minimum atomic E-state index is -0.354. The summed E-state index contributed by atoms with van der Waals surface area (Å²) in [6.45, 7) is 5.22. The summed E-state index contributed by atoms with van der Waals surface area (Å²) in [7, 11) is 0. The second kappa shape index (κ2) is 10.3. The molecule has 1 aromatic carbocycles. The van der Waals surface area contributed by atoms with E-state index < -0.39 is 0 Å². The number of nitrogens with one attached hydrogen (secondary N) is 2. The summed E-state index contributed by atoms with van der Waals surface area (Å²) >= 11 is 1.23. The summed E-state index contributed by atoms with van der Waals surface area (Å²) < 4.78 is 14.6. The van der Waals surface area contributed by atoms with Gasteiger partial charge in [-0.15, -0.1) is 0 Å². The number of thiazole rings is 1. The van der Waals surface area contributed by atoms with Crippen molar-refractivity contribution in [2.24, 2.45) is 5.92 Å². The van der Waals surface area contributed by atoms with E-state index in [0.29, 0.717) is 22.0 Å². The molecular formula is C23H27FN6O3S. The van der Waals surface area contributed by atoms with Crippen LogP contribution >= 0.6 is 11.3 Å². The van der Waals surface area contributed by atoms with Gasteiger partial charge in [0.1, 0.15) is 23.4 Å². The van der Waals surface area contributed by atoms with E-state index in [1.807, 2.05) is 18.7 Å². The number of amides is 2. The van der Waals surface area contributed by atoms with Gasteiger partial charge in [-0.25, -0.2) is 9.37 Å². The number of piperidine rings is 1. The van der Waals surface area contributed by atoms with Gasteiger partial charge in [0.05, 0.1) is 5.92 Å². The lowest BCUT2D eigenvalue weighted by Crippen LogP contribution is -2.44. The Kier molecular flexibility index (Phi) is 7.20. The van der Waals surface area contributed by atoms with Crippen LogP contribution in [-0.4, -0.2) is 45.5 Å². The number of halogens is 1. The number of fused-ring (bicyclic) bond motifs is 1. The van der Waals surface area contributed by atoms with Gasteiger partial charge in [0, 0.05) is 25.7 Å². The number of aromatic nitrogens is 3. The molecule has 1 aliphatic heterocycles. The molecule has 3 aromatic rings. The molecule has 0 aliphatic carbocycles. The first-order chi connectivity index (χ1) is 16.3. The second-order valence-electron chi connectivity index (χ2n) is 8.68. The summed E-state index contributed by atoms with van der Waals surface area (Å²) in [6, 6.07) is 5.91. The molecule has 0 saturated carbocycles. The average Bonchev–Trinajstić information content (AvgIpc) is 3.26. The lowest BCUT2D eigenvalue weighted by atomic mass is 9.97. The topological polar surface area (TPSA) is 109 Å². The summed E-state index contributed by atoms with van der Waals surface area (Å²) in [5.74, 6) is -0.790. The molecule has 4 rings (SSSR count). The van der Waals surface area contributed by atoms with Gasteiger partial charge in [0.2, 0.25) is 11.8 Å². The van der Waals surface area contributed by atoms with Gasteiger partial charge in [0.25, 0.3) is 5.56 Å². The highest BCUT2D eigenvalue weighted by atomic mass is 32.1. The molecule has 1 saturated heterocycles. The molecule has 2 aromatic heterocycles. The lowest BCUT2D eigenvalue weighted by Gasteiger charge is -2.32. The Morgan fingerprint density at radius 3 is 2.76 bits per heavy atom. The largest absolute Gasteiger partial charge is 0.354 e. The van der Waals surface area contributed by atoms with E-state index in [2.05, 4.69) is 20.6 Å². The minimum Gasteiger partial charge on any atom is -0.354 e. The Bertz CT molecular complexity index is 1240. The SMILES string of the molecule is CC(C)NC(=O)[C@@H]1CCCN(c2nc3ncn(CC(=O)NCc4ccc(F)cc4)c(=O)c3s2)C1. The molecule has 0 radical (unpaired) electrons. The number of carbonyl (C=O) groups excluding carboxylic acids is 2. The minimum absolute atomic E-state index is 0.0351. The molecule has 11 heteroatoms. The standard InChI is InChI=1S/C23H27FN6O3S/c1-14(2)27-21(32)16-4-3-9-29(11-16)23-28-20-19(34-23)22(33)30(13-26-20)12-18(31)25-10-15-5-7-17(24)8-6-15/h5-8,13-14,16H,3-4,9-12H2,1-2H3,(H,25,31)(H,27,32)/t16-/m1/s1. The third-order valence-corrected chi connectivity index (χ3v) is 6.68. The predicted octanol–water partition coefficient (Wildman–Crippen LogP) is 2.05. The van der Waals surface area contributed by atoms with Gasteiger partial charge < -0.3 is 15.5 Å². The molecule has 180 valence electrons. The molecule has 1 fully saturated rings. The average molecular weight is 487 g/mol. The highest BCUT2D eigenvalue weighted by molar-refractivity contribution is 7.22. The predicted molar refractivity (Wildman–Crippen MR) is 128 cm³/mol. The zero-order valence-electron chi connectivity index (χ0n) is 19.1. The Morgan fingerprint density at radius 1 is 1.26 bits per heavy atom. The maximum atomic E-state index is 13.0. The van der Waals surface area contributed by atoms with Crippen LogP contribution in [-0.2, 0) is 22.7 Å². The fourth-order valence-corrected chi connectivity index (χ4v) is 4.87. The highest BCUT2D eigenvalue weighted by Gasteiger charge is 2.28. The fraction of sp³-hybridized carbons (Fsp3) is 0.435. The van der Waals surface area contributed by atoms with Crippen molar-refractivity contribution in [2.75, 3.05) is 18.0 Å². The summed E-state index contributed by atoms with van der Waals surface area (Å²) in [5.41, 5.74) is 0.753. The Hall–Kier alpha value is -3.34. The van der Waals surface area contributed by atoms with Gasteiger partial charge in [-0.2, -0.15) is 4.98 Å². The van der Waals surface area contributed by atoms with Gasteiger partial charge in [-0.05, 0) is 44.4 Å². The molecule has 0 spiro atoms. The van der Waals surface area contributed by atoms with Crippen LogP contribution in [0.25, 0.3) is 10.3 Å². The normalized spacial score (nSPS) is 16.1. The van der Waals surface area contributed by atoms with Crippen LogP contribution in [0.4, 0.5) is 9.52 Å². The van der Waals surface area contributed by atoms with Crippen molar-refractivity contribution in [2.45, 2.75) is 45.8 Å². The molecule has 0 bridgehead atoms. The number of hydrogen-bond donors (Lipinski definition) is 2. The quantitative estimate of drug-likeness (QED) is 0.529. The Morgan fingerprint density at radius 2 is 2.03 bits per heavy atom. The summed E-state index contributed by atoms with van der Waals surface area (Å²) in [6.07, 6.45) is 3.00. The van der Waals surface area contributed by atoms with Crippen molar-refractivity contribution < 1.29 is 14.0 Å². The van der Waals surface area contributed by atoms with E-state index in [4.69, 9.17) is 0 Å². The molecule has 34 heavy (non-hydrogen) atoms. The fourth-order valence-electron chi connectivity index (χ4n) is 3.86. The number of hydrogen-bond acceptors (Lipinski definition) is 7. The van der Waals surface area contributed by atoms with E-state index in [-0.39, 0.29) is 48.2 Å². The van der Waals surface area contributed by atoms with Crippen LogP contribution in [0.1, 0.15) is 32.3 Å². The molecule has 0 unspecified atom stereocenters. The van der Waals surface area contributed by atoms with Gasteiger partial charge in [-0.3, -0.25) is 19.0 Å². The maximum absolute atomic E-state index is 13.0. The third kappa shape index (κ3) is 5.58. The van der Waals surface area contributed by atoms with Crippen LogP contribution in [0, 0.1) is 11.7 Å². The molecule has 2 N–H and O–H groups in total. The van der Waals surface area contributed by atoms with Crippen LogP contribution in [0.2, 0.25) is 0 Å². The molecule has 1 atom stereocenters. The van der Waals surface area contributed by atoms with Gasteiger partial charge in [0.15, 0.2) is 10.8 Å². The van der Waals surface area contributed by atoms with E-state index >= 15 is 0 Å². The van der Waals surface area contributed by atoms with Crippen molar-refractivity contribution in [1.82, 2.24) is 25.2 Å². The molecule has 3 heterocycles. The number of rotatable bonds is 7. The van der Waals surface area contributed by atoms with Crippen molar-refractivity contribution in [1.29, 1.82) is 0 Å². The molecule has 1 aliphatic rings. The zero-order chi connectivity index (χ0) is 24.2. The maximum Gasteiger partial charge on any atom is 0.273 e. The zero-order valence-corrected chi connectivity index (χ0v) is 19.9. The van der Waals surface area contributed by atoms with E-state index in [1.54, 1.807) is 12.1 Å². The van der Waals surface area contributed by atoms with Crippen LogP contribution in [0.3, 0.4) is 0 Å². The molecule has 2 amide bonds. The van der Waals surface area contributed by atoms with E-state index in [9.17, 15) is 18.8 Å². The highest BCUT2D eigenvalue weighted by Crippen LogP contribution is 2.29. The van der Waals surface area contributed by atoms with Gasteiger partial charge >= 0.3 is 0 Å². The number of anilines is 1. The van der Waals surface area contributed by atoms with Crippen LogP contribution in [0.15, 0.2) is 35.4 Å². The Labute approximate surface area is 200 Å². The van der Waals surface area contributed by atoms with E-state index in [0.717, 1.165) is 24.9 Å². The first-order valence-corrected chi connectivity index (χ1v) is 12.0. The summed E-state index contributed by atoms with van der Waals surface area (Å²) in [4.78, 5) is 48.5. The molecular weight excluding hydrogens is 459 g/mol. The van der Waals surface area contributed by atoms with Crippen LogP contribution in [0.5, 0.6) is 0 Å². The monoisotopic (exact) mass is 486 g/mol.